The van der Waals surface area contributed by atoms with Gasteiger partial charge < -0.3 is 18.9 Å². The van der Waals surface area contributed by atoms with Crippen LogP contribution in [0.1, 0.15) is 78.0 Å². The molecule has 268 valence electrons. The second-order valence-electron chi connectivity index (χ2n) is 15.5. The molecule has 2 aliphatic heterocycles. The molecule has 0 spiro atoms. The molecule has 2 aromatic carbocycles. The Morgan fingerprint density at radius 1 is 0.959 bits per heavy atom. The van der Waals surface area contributed by atoms with Crippen molar-refractivity contribution in [3.05, 3.63) is 53.1 Å². The molecular weight excluding hydrogens is 616 g/mol. The van der Waals surface area contributed by atoms with Crippen molar-refractivity contribution in [1.82, 2.24) is 24.2 Å². The van der Waals surface area contributed by atoms with Crippen LogP contribution in [-0.4, -0.2) is 101 Å². The highest BCUT2D eigenvalue weighted by Crippen LogP contribution is 2.37. The van der Waals surface area contributed by atoms with E-state index in [-0.39, 0.29) is 17.4 Å². The molecule has 1 atom stereocenters. The first-order chi connectivity index (χ1) is 23.2. The smallest absolute Gasteiger partial charge is 0.418 e. The first-order valence-corrected chi connectivity index (χ1v) is 17.9. The zero-order chi connectivity index (χ0) is 35.6. The van der Waals surface area contributed by atoms with Crippen molar-refractivity contribution in [3.63, 3.8) is 0 Å². The molecule has 49 heavy (non-hydrogen) atoms. The van der Waals surface area contributed by atoms with E-state index in [1.54, 1.807) is 7.11 Å². The Labute approximate surface area is 293 Å². The van der Waals surface area contributed by atoms with Gasteiger partial charge in [0.25, 0.3) is 0 Å². The second-order valence-corrected chi connectivity index (χ2v) is 15.5. The number of carbonyl (C=O) groups is 2. The molecule has 10 heteroatoms. The van der Waals surface area contributed by atoms with Crippen LogP contribution in [0.25, 0.3) is 10.9 Å². The molecule has 2 saturated heterocycles. The minimum absolute atomic E-state index is 0.0324. The van der Waals surface area contributed by atoms with Gasteiger partial charge in [0.05, 0.1) is 24.4 Å². The summed E-state index contributed by atoms with van der Waals surface area (Å²) in [7, 11) is 5.65. The van der Waals surface area contributed by atoms with E-state index in [2.05, 4.69) is 99.8 Å². The molecule has 10 nitrogen and oxygen atoms in total. The molecule has 0 aliphatic carbocycles. The van der Waals surface area contributed by atoms with Crippen LogP contribution in [0, 0.1) is 0 Å². The monoisotopic (exact) mass is 674 g/mol. The summed E-state index contributed by atoms with van der Waals surface area (Å²) in [6, 6.07) is 13.1. The van der Waals surface area contributed by atoms with Gasteiger partial charge in [-0.15, -0.1) is 0 Å². The van der Waals surface area contributed by atoms with Gasteiger partial charge in [0, 0.05) is 75.4 Å². The largest absolute Gasteiger partial charge is 0.494 e. The number of anilines is 1. The van der Waals surface area contributed by atoms with E-state index in [4.69, 9.17) is 9.47 Å². The van der Waals surface area contributed by atoms with Crippen molar-refractivity contribution in [3.8, 4) is 11.6 Å². The predicted octanol–water partition coefficient (Wildman–Crippen LogP) is 6.45. The Balaban J connectivity index is 1.31. The summed E-state index contributed by atoms with van der Waals surface area (Å²) < 4.78 is 13.9. The summed E-state index contributed by atoms with van der Waals surface area (Å²) in [5.74, 6) is 1.39. The average molecular weight is 675 g/mol. The number of benzene rings is 2. The molecule has 2 fully saturated rings. The number of hydrogen-bond acceptors (Lipinski definition) is 7. The lowest BCUT2D eigenvalue weighted by atomic mass is 9.85. The van der Waals surface area contributed by atoms with Gasteiger partial charge in [-0.05, 0) is 76.7 Å². The van der Waals surface area contributed by atoms with Gasteiger partial charge in [0.15, 0.2) is 0 Å². The van der Waals surface area contributed by atoms with Crippen molar-refractivity contribution in [2.75, 3.05) is 52.2 Å². The lowest BCUT2D eigenvalue weighted by molar-refractivity contribution is -0.137. The van der Waals surface area contributed by atoms with Crippen molar-refractivity contribution in [2.24, 2.45) is 7.05 Å². The zero-order valence-electron chi connectivity index (χ0n) is 31.4. The van der Waals surface area contributed by atoms with Crippen LogP contribution < -0.4 is 14.8 Å². The number of ether oxygens (including phenoxy) is 2. The number of hydrogen-bond donors (Lipinski definition) is 1. The van der Waals surface area contributed by atoms with E-state index >= 15 is 0 Å². The van der Waals surface area contributed by atoms with Gasteiger partial charge in [0.1, 0.15) is 5.75 Å². The first kappa shape index (κ1) is 36.7. The number of carbonyl (C=O) groups excluding carboxylic acids is 2. The Morgan fingerprint density at radius 2 is 1.65 bits per heavy atom. The summed E-state index contributed by atoms with van der Waals surface area (Å²) in [5.41, 5.74) is 4.79. The van der Waals surface area contributed by atoms with Crippen LogP contribution in [0.5, 0.6) is 11.6 Å². The van der Waals surface area contributed by atoms with Crippen molar-refractivity contribution in [2.45, 2.75) is 97.9 Å². The van der Waals surface area contributed by atoms with Crippen LogP contribution in [-0.2, 0) is 30.3 Å². The van der Waals surface area contributed by atoms with Crippen molar-refractivity contribution < 1.29 is 19.1 Å². The number of likely N-dealkylation sites (N-methyl/N-ethyl adjacent to an activating group) is 1. The Hall–Kier alpha value is -3.60. The Morgan fingerprint density at radius 3 is 2.24 bits per heavy atom. The molecule has 3 aromatic rings. The number of piperazine rings is 1. The summed E-state index contributed by atoms with van der Waals surface area (Å²) in [6.07, 6.45) is 1.48. The number of aromatic nitrogens is 1. The van der Waals surface area contributed by atoms with Crippen LogP contribution in [0.4, 0.5) is 10.5 Å². The van der Waals surface area contributed by atoms with Crippen LogP contribution in [0.15, 0.2) is 36.4 Å². The summed E-state index contributed by atoms with van der Waals surface area (Å²) in [6.45, 7) is 20.9. The highest BCUT2D eigenvalue weighted by Gasteiger charge is 2.33. The maximum absolute atomic E-state index is 13.5. The molecule has 3 heterocycles. The number of aryl methyl sites for hydroxylation is 1. The molecule has 0 unspecified atom stereocenters. The number of nitrogens with zero attached hydrogens (tertiary/aromatic N) is 5. The fourth-order valence-electron chi connectivity index (χ4n) is 7.46. The summed E-state index contributed by atoms with van der Waals surface area (Å²) in [5, 5.41) is 4.03. The fourth-order valence-corrected chi connectivity index (χ4v) is 7.46. The Kier molecular flexibility index (Phi) is 11.3. The van der Waals surface area contributed by atoms with Gasteiger partial charge in [-0.3, -0.25) is 24.8 Å². The first-order valence-electron chi connectivity index (χ1n) is 17.9. The van der Waals surface area contributed by atoms with Crippen LogP contribution >= 0.6 is 0 Å². The predicted molar refractivity (Wildman–Crippen MR) is 198 cm³/mol. The lowest BCUT2D eigenvalue weighted by Gasteiger charge is -2.37. The van der Waals surface area contributed by atoms with Crippen LogP contribution in [0.2, 0.25) is 0 Å². The second kappa shape index (κ2) is 15.1. The van der Waals surface area contributed by atoms with E-state index in [9.17, 15) is 9.59 Å². The maximum atomic E-state index is 13.5. The number of likely N-dealkylation sites (tertiary alicyclic amines) is 1. The fraction of sp³-hybridized carbons (Fsp3) is 0.590. The van der Waals surface area contributed by atoms with E-state index in [0.717, 1.165) is 79.7 Å². The van der Waals surface area contributed by atoms with E-state index in [1.807, 2.05) is 28.6 Å². The maximum Gasteiger partial charge on any atom is 0.418 e. The molecule has 1 aromatic heterocycles. The minimum Gasteiger partial charge on any atom is -0.494 e. The van der Waals surface area contributed by atoms with Gasteiger partial charge in [-0.2, -0.15) is 0 Å². The van der Waals surface area contributed by atoms with Crippen LogP contribution in [0.3, 0.4) is 0 Å². The van der Waals surface area contributed by atoms with E-state index in [1.165, 1.54) is 0 Å². The van der Waals surface area contributed by atoms with Gasteiger partial charge >= 0.3 is 6.09 Å². The lowest BCUT2D eigenvalue weighted by Crippen LogP contribution is -2.52. The Bertz CT molecular complexity index is 1620. The molecule has 0 saturated carbocycles. The standard InChI is InChI=1S/C39H58N6O4/c1-26(2)45(27(3)4)25-30-21-31(39(5,6)7)23-32(36(30)48-10)40-38(47)49-34-22-28-13-11-14-29(35(28)42(34)9)24-43-17-19-44(20-18-43)37(46)33-15-12-16-41(33)8/h11,13-14,21-23,26-27,33H,12,15-20,24-25H2,1-10H3,(H,40,47)/t33-/m0/s1. The van der Waals surface area contributed by atoms with Crippen molar-refractivity contribution >= 4 is 28.6 Å². The third-order valence-electron chi connectivity index (χ3n) is 10.3. The average Bonchev–Trinajstić information content (AvgIpc) is 3.61. The SMILES string of the molecule is COc1c(CN(C(C)C)C(C)C)cc(C(C)(C)C)cc1NC(=O)Oc1cc2cccc(CN3CCN(C(=O)[C@@H]4CCCN4C)CC3)c2n1C. The highest BCUT2D eigenvalue weighted by atomic mass is 16.6. The molecule has 2 aliphatic rings. The topological polar surface area (TPSA) is 82.5 Å². The van der Waals surface area contributed by atoms with Gasteiger partial charge in [0.2, 0.25) is 11.8 Å². The van der Waals surface area contributed by atoms with Gasteiger partial charge in [-0.25, -0.2) is 4.79 Å². The third kappa shape index (κ3) is 8.24. The normalized spacial score (nSPS) is 17.9. The van der Waals surface area contributed by atoms with Crippen molar-refractivity contribution in [1.29, 1.82) is 0 Å². The molecule has 0 radical (unpaired) electrons. The number of fused-ring (bicyclic) bond motifs is 1. The molecular formula is C39H58N6O4. The molecule has 2 amide bonds. The quantitative estimate of drug-likeness (QED) is 0.265. The third-order valence-corrected chi connectivity index (χ3v) is 10.3. The summed E-state index contributed by atoms with van der Waals surface area (Å²) >= 11 is 0. The highest BCUT2D eigenvalue weighted by molar-refractivity contribution is 5.91. The number of para-hydroxylation sites is 1. The van der Waals surface area contributed by atoms with E-state index in [0.29, 0.717) is 35.9 Å². The van der Waals surface area contributed by atoms with Gasteiger partial charge in [-0.1, -0.05) is 45.0 Å². The molecule has 5 rings (SSSR count). The number of amides is 2. The number of methoxy groups -OCH3 is 1. The minimum atomic E-state index is -0.568. The summed E-state index contributed by atoms with van der Waals surface area (Å²) in [4.78, 5) is 35.7. The number of nitrogens with one attached hydrogen (secondary N) is 1. The zero-order valence-corrected chi connectivity index (χ0v) is 31.4. The van der Waals surface area contributed by atoms with E-state index < -0.39 is 6.09 Å². The number of rotatable bonds is 10. The molecule has 1 N–H and O–H groups in total. The molecule has 0 bridgehead atoms.